The van der Waals surface area contributed by atoms with Crippen LogP contribution in [-0.2, 0) is 0 Å². The molecule has 0 amide bonds. The number of likely N-dealkylation sites (tertiary alicyclic amines) is 1. The van der Waals surface area contributed by atoms with Crippen LogP contribution in [0.1, 0.15) is 31.4 Å². The maximum Gasteiger partial charge on any atom is 0.125 e. The van der Waals surface area contributed by atoms with Gasteiger partial charge in [0.1, 0.15) is 18.5 Å². The van der Waals surface area contributed by atoms with Crippen molar-refractivity contribution in [2.24, 2.45) is 0 Å². The zero-order valence-corrected chi connectivity index (χ0v) is 13.0. The number of benzene rings is 1. The van der Waals surface area contributed by atoms with E-state index < -0.39 is 6.10 Å². The van der Waals surface area contributed by atoms with Gasteiger partial charge in [0.2, 0.25) is 0 Å². The van der Waals surface area contributed by atoms with Crippen LogP contribution in [0.3, 0.4) is 0 Å². The van der Waals surface area contributed by atoms with E-state index in [1.54, 1.807) is 0 Å². The van der Waals surface area contributed by atoms with Gasteiger partial charge in [-0.25, -0.2) is 0 Å². The summed E-state index contributed by atoms with van der Waals surface area (Å²) < 4.78 is 5.83. The van der Waals surface area contributed by atoms with Crippen LogP contribution in [-0.4, -0.2) is 60.3 Å². The van der Waals surface area contributed by atoms with E-state index in [1.807, 2.05) is 24.3 Å². The molecule has 21 heavy (non-hydrogen) atoms. The van der Waals surface area contributed by atoms with Gasteiger partial charge in [-0.05, 0) is 39.0 Å². The SMILES string of the molecule is CCN1CCCC1CN(C)C1COc2ccccc2C1O. The summed E-state index contributed by atoms with van der Waals surface area (Å²) in [5.41, 5.74) is 0.916. The molecule has 0 aliphatic carbocycles. The summed E-state index contributed by atoms with van der Waals surface area (Å²) in [6.07, 6.45) is 2.09. The molecule has 1 aromatic carbocycles. The zero-order chi connectivity index (χ0) is 14.8. The molecule has 0 spiro atoms. The molecule has 116 valence electrons. The predicted octanol–water partition coefficient (Wildman–Crippen LogP) is 1.90. The zero-order valence-electron chi connectivity index (χ0n) is 13.0. The van der Waals surface area contributed by atoms with Crippen LogP contribution in [0.2, 0.25) is 0 Å². The normalized spacial score (nSPS) is 29.4. The third-order valence-corrected chi connectivity index (χ3v) is 4.98. The molecule has 3 atom stereocenters. The molecular formula is C17H26N2O2. The van der Waals surface area contributed by atoms with Crippen molar-refractivity contribution in [3.8, 4) is 5.75 Å². The molecule has 1 aromatic rings. The number of hydrogen-bond donors (Lipinski definition) is 1. The number of hydrogen-bond acceptors (Lipinski definition) is 4. The molecule has 2 heterocycles. The number of aliphatic hydroxyl groups is 1. The minimum Gasteiger partial charge on any atom is -0.491 e. The first-order valence-electron chi connectivity index (χ1n) is 8.04. The lowest BCUT2D eigenvalue weighted by molar-refractivity contribution is 0.00669. The smallest absolute Gasteiger partial charge is 0.125 e. The van der Waals surface area contributed by atoms with Gasteiger partial charge in [-0.2, -0.15) is 0 Å². The van der Waals surface area contributed by atoms with Crippen molar-refractivity contribution >= 4 is 0 Å². The molecule has 1 N–H and O–H groups in total. The Morgan fingerprint density at radius 2 is 2.19 bits per heavy atom. The molecule has 3 rings (SSSR count). The molecule has 0 saturated carbocycles. The van der Waals surface area contributed by atoms with Gasteiger partial charge in [-0.1, -0.05) is 25.1 Å². The van der Waals surface area contributed by atoms with Gasteiger partial charge in [0.15, 0.2) is 0 Å². The highest BCUT2D eigenvalue weighted by molar-refractivity contribution is 5.37. The Morgan fingerprint density at radius 1 is 1.38 bits per heavy atom. The Morgan fingerprint density at radius 3 is 3.00 bits per heavy atom. The summed E-state index contributed by atoms with van der Waals surface area (Å²) in [5, 5.41) is 10.7. The van der Waals surface area contributed by atoms with Crippen molar-refractivity contribution in [3.05, 3.63) is 29.8 Å². The number of aliphatic hydroxyl groups excluding tert-OH is 1. The second-order valence-corrected chi connectivity index (χ2v) is 6.23. The fraction of sp³-hybridized carbons (Fsp3) is 0.647. The topological polar surface area (TPSA) is 35.9 Å². The van der Waals surface area contributed by atoms with E-state index in [2.05, 4.69) is 23.8 Å². The number of fused-ring (bicyclic) bond motifs is 1. The Kier molecular flexibility index (Phi) is 4.48. The summed E-state index contributed by atoms with van der Waals surface area (Å²) in [7, 11) is 2.11. The minimum atomic E-state index is -0.462. The number of likely N-dealkylation sites (N-methyl/N-ethyl adjacent to an activating group) is 2. The van der Waals surface area contributed by atoms with Gasteiger partial charge in [0.25, 0.3) is 0 Å². The molecule has 2 aliphatic heterocycles. The van der Waals surface area contributed by atoms with Crippen LogP contribution in [0.15, 0.2) is 24.3 Å². The number of ether oxygens (including phenoxy) is 1. The summed E-state index contributed by atoms with van der Waals surface area (Å²) in [5.74, 6) is 0.825. The summed E-state index contributed by atoms with van der Waals surface area (Å²) >= 11 is 0. The number of nitrogens with zero attached hydrogens (tertiary/aromatic N) is 2. The maximum atomic E-state index is 10.7. The van der Waals surface area contributed by atoms with E-state index in [4.69, 9.17) is 4.74 Å². The Labute approximate surface area is 127 Å². The lowest BCUT2D eigenvalue weighted by Gasteiger charge is -2.38. The Balaban J connectivity index is 1.67. The van der Waals surface area contributed by atoms with Crippen molar-refractivity contribution in [2.45, 2.75) is 38.0 Å². The monoisotopic (exact) mass is 290 g/mol. The Bertz CT molecular complexity index is 480. The third kappa shape index (κ3) is 2.93. The second kappa shape index (κ2) is 6.34. The van der Waals surface area contributed by atoms with Crippen LogP contribution in [0.25, 0.3) is 0 Å². The van der Waals surface area contributed by atoms with Crippen LogP contribution in [0.5, 0.6) is 5.75 Å². The third-order valence-electron chi connectivity index (χ3n) is 4.98. The van der Waals surface area contributed by atoms with Gasteiger partial charge in [0, 0.05) is 18.2 Å². The van der Waals surface area contributed by atoms with Crippen molar-refractivity contribution < 1.29 is 9.84 Å². The first-order valence-corrected chi connectivity index (χ1v) is 8.04. The van der Waals surface area contributed by atoms with E-state index in [0.717, 1.165) is 24.4 Å². The first kappa shape index (κ1) is 14.8. The van der Waals surface area contributed by atoms with Gasteiger partial charge >= 0.3 is 0 Å². The molecule has 0 radical (unpaired) electrons. The van der Waals surface area contributed by atoms with Crippen molar-refractivity contribution in [1.29, 1.82) is 0 Å². The molecular weight excluding hydrogens is 264 g/mol. The summed E-state index contributed by atoms with van der Waals surface area (Å²) in [4.78, 5) is 4.82. The van der Waals surface area contributed by atoms with E-state index >= 15 is 0 Å². The molecule has 2 aliphatic rings. The Hall–Kier alpha value is -1.10. The summed E-state index contributed by atoms with van der Waals surface area (Å²) in [6, 6.07) is 8.47. The lowest BCUT2D eigenvalue weighted by atomic mass is 9.98. The summed E-state index contributed by atoms with van der Waals surface area (Å²) in [6.45, 7) is 6.12. The molecule has 1 fully saturated rings. The van der Waals surface area contributed by atoms with E-state index in [1.165, 1.54) is 19.4 Å². The van der Waals surface area contributed by atoms with Gasteiger partial charge < -0.3 is 9.84 Å². The van der Waals surface area contributed by atoms with Crippen LogP contribution >= 0.6 is 0 Å². The second-order valence-electron chi connectivity index (χ2n) is 6.23. The number of para-hydroxylation sites is 1. The average molecular weight is 290 g/mol. The highest BCUT2D eigenvalue weighted by Gasteiger charge is 2.34. The first-order chi connectivity index (χ1) is 10.2. The van der Waals surface area contributed by atoms with Gasteiger partial charge in [-0.15, -0.1) is 0 Å². The van der Waals surface area contributed by atoms with Crippen molar-refractivity contribution in [2.75, 3.05) is 33.3 Å². The number of rotatable bonds is 4. The van der Waals surface area contributed by atoms with E-state index in [-0.39, 0.29) is 6.04 Å². The molecule has 0 bridgehead atoms. The van der Waals surface area contributed by atoms with Gasteiger partial charge in [0.05, 0.1) is 6.04 Å². The quantitative estimate of drug-likeness (QED) is 0.919. The average Bonchev–Trinajstić information content (AvgIpc) is 2.95. The van der Waals surface area contributed by atoms with E-state index in [0.29, 0.717) is 12.6 Å². The van der Waals surface area contributed by atoms with E-state index in [9.17, 15) is 5.11 Å². The van der Waals surface area contributed by atoms with Crippen LogP contribution < -0.4 is 4.74 Å². The van der Waals surface area contributed by atoms with Crippen LogP contribution in [0.4, 0.5) is 0 Å². The van der Waals surface area contributed by atoms with Crippen LogP contribution in [0, 0.1) is 0 Å². The largest absolute Gasteiger partial charge is 0.491 e. The highest BCUT2D eigenvalue weighted by Crippen LogP contribution is 2.34. The molecule has 1 saturated heterocycles. The highest BCUT2D eigenvalue weighted by atomic mass is 16.5. The predicted molar refractivity (Wildman–Crippen MR) is 83.6 cm³/mol. The fourth-order valence-corrected chi connectivity index (χ4v) is 3.68. The fourth-order valence-electron chi connectivity index (χ4n) is 3.68. The van der Waals surface area contributed by atoms with Crippen molar-refractivity contribution in [1.82, 2.24) is 9.80 Å². The van der Waals surface area contributed by atoms with Gasteiger partial charge in [-0.3, -0.25) is 9.80 Å². The van der Waals surface area contributed by atoms with Crippen molar-refractivity contribution in [3.63, 3.8) is 0 Å². The lowest BCUT2D eigenvalue weighted by Crippen LogP contribution is -2.48. The minimum absolute atomic E-state index is 0.0409. The molecule has 4 heteroatoms. The maximum absolute atomic E-state index is 10.7. The standard InChI is InChI=1S/C17H26N2O2/c1-3-19-10-6-7-13(19)11-18(2)15-12-21-16-9-5-4-8-14(16)17(15)20/h4-5,8-9,13,15,17,20H,3,6-7,10-12H2,1-2H3. The molecule has 3 unspecified atom stereocenters. The molecule has 0 aromatic heterocycles. The molecule has 4 nitrogen and oxygen atoms in total.